The summed E-state index contributed by atoms with van der Waals surface area (Å²) in [5.74, 6) is -1.51. The van der Waals surface area contributed by atoms with Gasteiger partial charge in [-0.05, 0) is 42.2 Å². The first-order valence-corrected chi connectivity index (χ1v) is 11.5. The molecule has 1 saturated heterocycles. The normalized spacial score (nSPS) is 17.3. The van der Waals surface area contributed by atoms with E-state index in [0.29, 0.717) is 18.0 Å². The van der Waals surface area contributed by atoms with Crippen LogP contribution in [0.25, 0.3) is 11.3 Å². The number of nitrogens with zero attached hydrogens (tertiary/aromatic N) is 2. The Morgan fingerprint density at radius 3 is 2.56 bits per heavy atom. The van der Waals surface area contributed by atoms with E-state index in [4.69, 9.17) is 11.6 Å². The number of nitrogens with one attached hydrogen (secondary N) is 1. The number of aliphatic hydroxyl groups is 2. The maximum Gasteiger partial charge on any atom is 0.255 e. The zero-order valence-electron chi connectivity index (χ0n) is 18.5. The Labute approximate surface area is 203 Å². The van der Waals surface area contributed by atoms with Crippen molar-refractivity contribution in [2.24, 2.45) is 0 Å². The Hall–Kier alpha value is -3.26. The summed E-state index contributed by atoms with van der Waals surface area (Å²) in [5.41, 5.74) is 3.36. The lowest BCUT2D eigenvalue weighted by Crippen LogP contribution is -2.50. The lowest BCUT2D eigenvalue weighted by molar-refractivity contribution is -0.153. The highest BCUT2D eigenvalue weighted by atomic mass is 35.5. The molecule has 1 fully saturated rings. The predicted molar refractivity (Wildman–Crippen MR) is 129 cm³/mol. The van der Waals surface area contributed by atoms with Crippen LogP contribution < -0.4 is 5.32 Å². The van der Waals surface area contributed by atoms with Gasteiger partial charge in [0.05, 0.1) is 11.7 Å². The van der Waals surface area contributed by atoms with Crippen molar-refractivity contribution < 1.29 is 19.8 Å². The van der Waals surface area contributed by atoms with E-state index >= 15 is 0 Å². The van der Waals surface area contributed by atoms with E-state index < -0.39 is 24.0 Å². The molecule has 176 valence electrons. The lowest BCUT2D eigenvalue weighted by atomic mass is 10.0. The minimum atomic E-state index is -1.88. The Bertz CT molecular complexity index is 1140. The van der Waals surface area contributed by atoms with Crippen molar-refractivity contribution in [2.75, 3.05) is 6.54 Å². The molecule has 34 heavy (non-hydrogen) atoms. The SMILES string of the molecule is O=C(NCc1ccc(-c2ccccc2)nc1)[C@H](O)[C@@H](O)C(=O)N1CCCC1c1cccc(Cl)c1. The second kappa shape index (κ2) is 10.8. The number of benzene rings is 2. The van der Waals surface area contributed by atoms with Gasteiger partial charge < -0.3 is 20.4 Å². The van der Waals surface area contributed by atoms with E-state index in [1.165, 1.54) is 4.90 Å². The first-order valence-electron chi connectivity index (χ1n) is 11.1. The second-order valence-corrected chi connectivity index (χ2v) is 8.71. The number of rotatable bonds is 7. The molecule has 7 nitrogen and oxygen atoms in total. The zero-order valence-corrected chi connectivity index (χ0v) is 19.2. The van der Waals surface area contributed by atoms with Gasteiger partial charge in [0.1, 0.15) is 0 Å². The fourth-order valence-electron chi connectivity index (χ4n) is 4.14. The standard InChI is InChI=1S/C26H26ClN3O4/c27-20-9-4-8-19(14-20)22-10-5-13-30(22)26(34)24(32)23(31)25(33)29-16-17-11-12-21(28-15-17)18-6-2-1-3-7-18/h1-4,6-9,11-12,14-15,22-24,31-32H,5,10,13,16H2,(H,29,33)/t22?,23-,24-/m1/s1. The summed E-state index contributed by atoms with van der Waals surface area (Å²) >= 11 is 6.08. The molecule has 3 atom stereocenters. The van der Waals surface area contributed by atoms with Crippen LogP contribution in [0.2, 0.25) is 5.02 Å². The molecule has 2 aromatic carbocycles. The summed E-state index contributed by atoms with van der Waals surface area (Å²) < 4.78 is 0. The van der Waals surface area contributed by atoms with Crippen LogP contribution in [-0.2, 0) is 16.1 Å². The number of hydrogen-bond acceptors (Lipinski definition) is 5. The molecular formula is C26H26ClN3O4. The molecule has 0 saturated carbocycles. The van der Waals surface area contributed by atoms with Crippen molar-refractivity contribution in [1.82, 2.24) is 15.2 Å². The van der Waals surface area contributed by atoms with E-state index in [-0.39, 0.29) is 12.6 Å². The van der Waals surface area contributed by atoms with Crippen LogP contribution >= 0.6 is 11.6 Å². The van der Waals surface area contributed by atoms with E-state index in [0.717, 1.165) is 28.8 Å². The molecule has 1 aromatic heterocycles. The van der Waals surface area contributed by atoms with Crippen molar-refractivity contribution in [3.8, 4) is 11.3 Å². The number of hydrogen-bond donors (Lipinski definition) is 3. The van der Waals surface area contributed by atoms with Gasteiger partial charge in [-0.3, -0.25) is 14.6 Å². The quantitative estimate of drug-likeness (QED) is 0.483. The van der Waals surface area contributed by atoms with Crippen LogP contribution in [-0.4, -0.2) is 50.7 Å². The molecule has 1 aliphatic heterocycles. The Kier molecular flexibility index (Phi) is 7.57. The van der Waals surface area contributed by atoms with Gasteiger partial charge in [-0.25, -0.2) is 0 Å². The number of likely N-dealkylation sites (tertiary alicyclic amines) is 1. The molecule has 1 unspecified atom stereocenters. The van der Waals surface area contributed by atoms with Crippen molar-refractivity contribution in [3.63, 3.8) is 0 Å². The number of carbonyl (C=O) groups is 2. The number of carbonyl (C=O) groups excluding carboxylic acids is 2. The zero-order chi connectivity index (χ0) is 24.1. The Balaban J connectivity index is 1.34. The topological polar surface area (TPSA) is 103 Å². The molecule has 2 heterocycles. The summed E-state index contributed by atoms with van der Waals surface area (Å²) in [4.78, 5) is 31.2. The van der Waals surface area contributed by atoms with Gasteiger partial charge in [-0.1, -0.05) is 60.1 Å². The smallest absolute Gasteiger partial charge is 0.255 e. The summed E-state index contributed by atoms with van der Waals surface area (Å²) in [6, 6.07) is 20.3. The number of pyridine rings is 1. The second-order valence-electron chi connectivity index (χ2n) is 8.27. The van der Waals surface area contributed by atoms with Crippen LogP contribution in [0.3, 0.4) is 0 Å². The maximum absolute atomic E-state index is 12.9. The molecule has 1 aliphatic rings. The van der Waals surface area contributed by atoms with E-state index in [9.17, 15) is 19.8 Å². The average Bonchev–Trinajstić information content (AvgIpc) is 3.37. The molecule has 0 radical (unpaired) electrons. The Morgan fingerprint density at radius 1 is 1.06 bits per heavy atom. The number of amides is 2. The van der Waals surface area contributed by atoms with Gasteiger partial charge in [0, 0.05) is 29.9 Å². The van der Waals surface area contributed by atoms with Crippen LogP contribution in [0.1, 0.15) is 30.0 Å². The van der Waals surface area contributed by atoms with E-state index in [1.54, 1.807) is 24.4 Å². The highest BCUT2D eigenvalue weighted by Crippen LogP contribution is 2.33. The third-order valence-electron chi connectivity index (χ3n) is 5.95. The summed E-state index contributed by atoms with van der Waals surface area (Å²) in [7, 11) is 0. The van der Waals surface area contributed by atoms with Gasteiger partial charge in [0.25, 0.3) is 11.8 Å². The number of aliphatic hydroxyl groups excluding tert-OH is 2. The van der Waals surface area contributed by atoms with Crippen LogP contribution in [0.4, 0.5) is 0 Å². The first kappa shape index (κ1) is 23.9. The van der Waals surface area contributed by atoms with Crippen molar-refractivity contribution in [2.45, 2.75) is 37.6 Å². The van der Waals surface area contributed by atoms with Gasteiger partial charge in [-0.15, -0.1) is 0 Å². The van der Waals surface area contributed by atoms with Crippen LogP contribution in [0.5, 0.6) is 0 Å². The molecule has 0 bridgehead atoms. The van der Waals surface area contributed by atoms with E-state index in [1.807, 2.05) is 48.5 Å². The maximum atomic E-state index is 12.9. The van der Waals surface area contributed by atoms with Crippen LogP contribution in [0.15, 0.2) is 72.9 Å². The fraction of sp³-hybridized carbons (Fsp3) is 0.269. The largest absolute Gasteiger partial charge is 0.380 e. The first-order chi connectivity index (χ1) is 16.4. The summed E-state index contributed by atoms with van der Waals surface area (Å²) in [5, 5.41) is 23.9. The average molecular weight is 480 g/mol. The third-order valence-corrected chi connectivity index (χ3v) is 6.19. The molecule has 3 aromatic rings. The minimum Gasteiger partial charge on any atom is -0.380 e. The molecule has 8 heteroatoms. The van der Waals surface area contributed by atoms with Crippen molar-refractivity contribution >= 4 is 23.4 Å². The van der Waals surface area contributed by atoms with Gasteiger partial charge in [0.15, 0.2) is 12.2 Å². The lowest BCUT2D eigenvalue weighted by Gasteiger charge is -2.28. The molecule has 0 aliphatic carbocycles. The molecule has 4 rings (SSSR count). The highest BCUT2D eigenvalue weighted by molar-refractivity contribution is 6.30. The van der Waals surface area contributed by atoms with Gasteiger partial charge in [-0.2, -0.15) is 0 Å². The van der Waals surface area contributed by atoms with Gasteiger partial charge >= 0.3 is 0 Å². The monoisotopic (exact) mass is 479 g/mol. The minimum absolute atomic E-state index is 0.105. The molecule has 3 N–H and O–H groups in total. The predicted octanol–water partition coefficient (Wildman–Crippen LogP) is 3.10. The summed E-state index contributed by atoms with van der Waals surface area (Å²) in [6.07, 6.45) is -0.643. The van der Waals surface area contributed by atoms with Gasteiger partial charge in [0.2, 0.25) is 0 Å². The highest BCUT2D eigenvalue weighted by Gasteiger charge is 2.38. The van der Waals surface area contributed by atoms with E-state index in [2.05, 4.69) is 10.3 Å². The third kappa shape index (κ3) is 5.44. The molecular weight excluding hydrogens is 454 g/mol. The summed E-state index contributed by atoms with van der Waals surface area (Å²) in [6.45, 7) is 0.536. The van der Waals surface area contributed by atoms with Crippen molar-refractivity contribution in [3.05, 3.63) is 89.1 Å². The van der Waals surface area contributed by atoms with Crippen molar-refractivity contribution in [1.29, 1.82) is 0 Å². The Morgan fingerprint density at radius 2 is 1.85 bits per heavy atom. The number of aromatic nitrogens is 1. The molecule has 2 amide bonds. The van der Waals surface area contributed by atoms with Crippen LogP contribution in [0, 0.1) is 0 Å². The fourth-order valence-corrected chi connectivity index (χ4v) is 4.34. The number of halogens is 1. The molecule has 0 spiro atoms.